The molecule has 1 aromatic rings. The van der Waals surface area contributed by atoms with Gasteiger partial charge < -0.3 is 4.74 Å². The molecule has 0 saturated carbocycles. The molecule has 0 N–H and O–H groups in total. The minimum Gasteiger partial charge on any atom is -0.469 e. The van der Waals surface area contributed by atoms with E-state index in [1.54, 1.807) is 12.1 Å². The molecule has 16 heavy (non-hydrogen) atoms. The van der Waals surface area contributed by atoms with Crippen LogP contribution in [0.5, 0.6) is 0 Å². The van der Waals surface area contributed by atoms with Crippen molar-refractivity contribution in [3.8, 4) is 0 Å². The van der Waals surface area contributed by atoms with Crippen LogP contribution >= 0.6 is 0 Å². The second kappa shape index (κ2) is 5.85. The first kappa shape index (κ1) is 12.2. The molecule has 1 atom stereocenters. The molecule has 0 saturated heterocycles. The van der Waals surface area contributed by atoms with Crippen molar-refractivity contribution in [1.29, 1.82) is 0 Å². The fourth-order valence-corrected chi connectivity index (χ4v) is 1.38. The minimum absolute atomic E-state index is 0.196. The zero-order valence-corrected chi connectivity index (χ0v) is 8.96. The summed E-state index contributed by atoms with van der Waals surface area (Å²) >= 11 is 0. The molecule has 1 rings (SSSR count). The normalized spacial score (nSPS) is 11.8. The Morgan fingerprint density at radius 3 is 2.56 bits per heavy atom. The highest BCUT2D eigenvalue weighted by Gasteiger charge is 2.24. The summed E-state index contributed by atoms with van der Waals surface area (Å²) in [4.78, 5) is 21.3. The van der Waals surface area contributed by atoms with Crippen LogP contribution in [0.25, 0.3) is 0 Å². The number of ether oxygens (including phenoxy) is 1. The Hall–Kier alpha value is -1.91. The van der Waals surface area contributed by atoms with Crippen molar-refractivity contribution < 1.29 is 14.5 Å². The van der Waals surface area contributed by atoms with Gasteiger partial charge in [-0.05, 0) is 5.56 Å². The van der Waals surface area contributed by atoms with E-state index in [9.17, 15) is 14.9 Å². The fraction of sp³-hybridized carbons (Fsp3) is 0.364. The molecular formula is C11H13NO4. The van der Waals surface area contributed by atoms with Gasteiger partial charge in [0.25, 0.3) is 0 Å². The molecule has 0 radical (unpaired) electrons. The number of nitrogens with zero attached hydrogens (tertiary/aromatic N) is 1. The topological polar surface area (TPSA) is 69.4 Å². The molecule has 0 aliphatic heterocycles. The van der Waals surface area contributed by atoms with Gasteiger partial charge in [-0.15, -0.1) is 0 Å². The predicted molar refractivity (Wildman–Crippen MR) is 57.6 cm³/mol. The third-order valence-corrected chi connectivity index (χ3v) is 2.24. The van der Waals surface area contributed by atoms with Gasteiger partial charge >= 0.3 is 5.97 Å². The average Bonchev–Trinajstić information content (AvgIpc) is 2.29. The smallest absolute Gasteiger partial charge is 0.312 e. The second-order valence-corrected chi connectivity index (χ2v) is 3.41. The van der Waals surface area contributed by atoms with E-state index in [1.165, 1.54) is 7.11 Å². The second-order valence-electron chi connectivity index (χ2n) is 3.41. The summed E-state index contributed by atoms with van der Waals surface area (Å²) in [6.45, 7) is 0. The summed E-state index contributed by atoms with van der Waals surface area (Å²) in [6.07, 6.45) is 0.0430. The van der Waals surface area contributed by atoms with Crippen LogP contribution in [0.15, 0.2) is 30.3 Å². The lowest BCUT2D eigenvalue weighted by Gasteiger charge is -2.08. The largest absolute Gasteiger partial charge is 0.469 e. The highest BCUT2D eigenvalue weighted by Crippen LogP contribution is 2.09. The van der Waals surface area contributed by atoms with Gasteiger partial charge in [-0.1, -0.05) is 30.3 Å². The van der Waals surface area contributed by atoms with Crippen LogP contribution in [0.1, 0.15) is 12.0 Å². The highest BCUT2D eigenvalue weighted by atomic mass is 16.6. The molecule has 0 aliphatic rings. The standard InChI is InChI=1S/C11H13NO4/c1-16-11(13)8-10(12(14)15)7-9-5-3-2-4-6-9/h2-6,10H,7-8H2,1H3. The molecule has 1 aromatic carbocycles. The summed E-state index contributed by atoms with van der Waals surface area (Å²) in [5, 5.41) is 10.8. The van der Waals surface area contributed by atoms with Crippen LogP contribution in [0, 0.1) is 10.1 Å². The molecule has 0 aromatic heterocycles. The van der Waals surface area contributed by atoms with E-state index in [4.69, 9.17) is 0 Å². The number of carbonyl (C=O) groups is 1. The zero-order valence-electron chi connectivity index (χ0n) is 8.96. The molecule has 0 amide bonds. The fourth-order valence-electron chi connectivity index (χ4n) is 1.38. The zero-order chi connectivity index (χ0) is 12.0. The SMILES string of the molecule is COC(=O)CC(Cc1ccccc1)[N+](=O)[O-]. The van der Waals surface area contributed by atoms with Gasteiger partial charge in [0.05, 0.1) is 7.11 Å². The Labute approximate surface area is 93.2 Å². The molecule has 86 valence electrons. The quantitative estimate of drug-likeness (QED) is 0.430. The molecule has 0 spiro atoms. The Bertz CT molecular complexity index is 364. The van der Waals surface area contributed by atoms with Crippen LogP contribution in [-0.4, -0.2) is 24.0 Å². The van der Waals surface area contributed by atoms with Gasteiger partial charge in [-0.3, -0.25) is 14.9 Å². The maximum absolute atomic E-state index is 11.0. The van der Waals surface area contributed by atoms with E-state index in [2.05, 4.69) is 4.74 Å². The van der Waals surface area contributed by atoms with E-state index in [0.717, 1.165) is 5.56 Å². The molecular weight excluding hydrogens is 210 g/mol. The maximum Gasteiger partial charge on any atom is 0.312 e. The van der Waals surface area contributed by atoms with E-state index in [0.29, 0.717) is 0 Å². The molecule has 0 bridgehead atoms. The summed E-state index contributed by atoms with van der Waals surface area (Å²) in [6, 6.07) is 8.14. The van der Waals surface area contributed by atoms with Crippen molar-refractivity contribution in [2.24, 2.45) is 0 Å². The van der Waals surface area contributed by atoms with Crippen LogP contribution < -0.4 is 0 Å². The molecule has 5 heteroatoms. The first-order chi connectivity index (χ1) is 7.63. The van der Waals surface area contributed by atoms with Crippen molar-refractivity contribution >= 4 is 5.97 Å². The van der Waals surface area contributed by atoms with Crippen molar-refractivity contribution in [2.75, 3.05) is 7.11 Å². The van der Waals surface area contributed by atoms with Crippen molar-refractivity contribution in [2.45, 2.75) is 18.9 Å². The van der Waals surface area contributed by atoms with Crippen molar-refractivity contribution in [3.63, 3.8) is 0 Å². The summed E-state index contributed by atoms with van der Waals surface area (Å²) in [7, 11) is 1.22. The lowest BCUT2D eigenvalue weighted by atomic mass is 10.0. The number of hydrogen-bond acceptors (Lipinski definition) is 4. The van der Waals surface area contributed by atoms with Gasteiger partial charge in [0.2, 0.25) is 6.04 Å². The van der Waals surface area contributed by atoms with Crippen molar-refractivity contribution in [1.82, 2.24) is 0 Å². The van der Waals surface area contributed by atoms with E-state index < -0.39 is 16.9 Å². The summed E-state index contributed by atoms with van der Waals surface area (Å²) in [5.41, 5.74) is 0.841. The Balaban J connectivity index is 2.65. The number of rotatable bonds is 5. The number of hydrogen-bond donors (Lipinski definition) is 0. The van der Waals surface area contributed by atoms with Gasteiger partial charge in [0.1, 0.15) is 6.42 Å². The van der Waals surface area contributed by atoms with E-state index in [1.807, 2.05) is 18.2 Å². The Morgan fingerprint density at radius 1 is 1.44 bits per heavy atom. The van der Waals surface area contributed by atoms with Crippen LogP contribution in [-0.2, 0) is 16.0 Å². The third-order valence-electron chi connectivity index (χ3n) is 2.24. The first-order valence-corrected chi connectivity index (χ1v) is 4.87. The monoisotopic (exact) mass is 223 g/mol. The van der Waals surface area contributed by atoms with Gasteiger partial charge in [0, 0.05) is 11.3 Å². The van der Waals surface area contributed by atoms with Crippen molar-refractivity contribution in [3.05, 3.63) is 46.0 Å². The first-order valence-electron chi connectivity index (χ1n) is 4.87. The lowest BCUT2D eigenvalue weighted by molar-refractivity contribution is -0.521. The Morgan fingerprint density at radius 2 is 2.06 bits per heavy atom. The number of esters is 1. The predicted octanol–water partition coefficient (Wildman–Crippen LogP) is 1.44. The van der Waals surface area contributed by atoms with E-state index in [-0.39, 0.29) is 12.8 Å². The highest BCUT2D eigenvalue weighted by molar-refractivity contribution is 5.69. The molecule has 1 unspecified atom stereocenters. The van der Waals surface area contributed by atoms with Gasteiger partial charge in [0.15, 0.2) is 0 Å². The minimum atomic E-state index is -0.921. The maximum atomic E-state index is 11.0. The van der Waals surface area contributed by atoms with E-state index >= 15 is 0 Å². The molecule has 5 nitrogen and oxygen atoms in total. The summed E-state index contributed by atoms with van der Waals surface area (Å²) < 4.78 is 4.43. The molecule has 0 heterocycles. The molecule has 0 fully saturated rings. The molecule has 0 aliphatic carbocycles. The number of carbonyl (C=O) groups excluding carboxylic acids is 1. The van der Waals surface area contributed by atoms with Gasteiger partial charge in [-0.2, -0.15) is 0 Å². The lowest BCUT2D eigenvalue weighted by Crippen LogP contribution is -2.26. The number of methoxy groups -OCH3 is 1. The summed E-state index contributed by atoms with van der Waals surface area (Å²) in [5.74, 6) is -0.558. The van der Waals surface area contributed by atoms with Gasteiger partial charge in [-0.25, -0.2) is 0 Å². The van der Waals surface area contributed by atoms with Crippen LogP contribution in [0.3, 0.4) is 0 Å². The van der Waals surface area contributed by atoms with Crippen LogP contribution in [0.2, 0.25) is 0 Å². The third kappa shape index (κ3) is 3.68. The Kier molecular flexibility index (Phi) is 4.44. The van der Waals surface area contributed by atoms with Crippen LogP contribution in [0.4, 0.5) is 0 Å². The average molecular weight is 223 g/mol. The number of benzene rings is 1. The number of nitro groups is 1.